The maximum absolute atomic E-state index is 13.4. The molecule has 0 fully saturated rings. The third-order valence-electron chi connectivity index (χ3n) is 6.21. The van der Waals surface area contributed by atoms with Gasteiger partial charge in [0.1, 0.15) is 0 Å². The molecule has 6 heteroatoms. The van der Waals surface area contributed by atoms with Gasteiger partial charge in [-0.2, -0.15) is 0 Å². The third-order valence-corrected chi connectivity index (χ3v) is 7.50. The average Bonchev–Trinajstić information content (AvgIpc) is 3.36. The highest BCUT2D eigenvalue weighted by Gasteiger charge is 2.16. The fourth-order valence-corrected chi connectivity index (χ4v) is 4.96. The molecule has 2 heterocycles. The Morgan fingerprint density at radius 2 is 1.63 bits per heavy atom. The van der Waals surface area contributed by atoms with E-state index in [9.17, 15) is 4.79 Å². The molecular weight excluding hydrogens is 518 g/mol. The molecule has 0 aliphatic carbocycles. The monoisotopic (exact) mass is 541 g/mol. The predicted octanol–water partition coefficient (Wildman–Crippen LogP) is 8.55. The van der Waals surface area contributed by atoms with Gasteiger partial charge in [-0.25, -0.2) is 9.97 Å². The molecule has 1 N–H and O–H groups in total. The molecule has 174 valence electrons. The van der Waals surface area contributed by atoms with Gasteiger partial charge in [0.15, 0.2) is 5.13 Å². The number of carbonyl (C=O) groups is 1. The van der Waals surface area contributed by atoms with Crippen LogP contribution in [0.25, 0.3) is 33.4 Å². The summed E-state index contributed by atoms with van der Waals surface area (Å²) in [5.41, 5.74) is 6.28. The first-order chi connectivity index (χ1) is 17.0. The number of para-hydroxylation sites is 1. The molecule has 4 nitrogen and oxygen atoms in total. The highest BCUT2D eigenvalue weighted by molar-refractivity contribution is 9.10. The molecule has 0 radical (unpaired) electrons. The second kappa shape index (κ2) is 10.1. The summed E-state index contributed by atoms with van der Waals surface area (Å²) in [6.45, 7) is 4.43. The van der Waals surface area contributed by atoms with E-state index in [1.54, 1.807) is 0 Å². The molecule has 35 heavy (non-hydrogen) atoms. The molecular formula is C29H24BrN3OS. The van der Waals surface area contributed by atoms with Gasteiger partial charge in [-0.3, -0.25) is 10.1 Å². The van der Waals surface area contributed by atoms with Gasteiger partial charge in [-0.05, 0) is 42.2 Å². The second-order valence-corrected chi connectivity index (χ2v) is 10.3. The molecule has 0 bridgehead atoms. The lowest BCUT2D eigenvalue weighted by Crippen LogP contribution is -2.13. The van der Waals surface area contributed by atoms with Crippen molar-refractivity contribution in [3.05, 3.63) is 99.8 Å². The van der Waals surface area contributed by atoms with E-state index in [4.69, 9.17) is 4.98 Å². The van der Waals surface area contributed by atoms with Gasteiger partial charge < -0.3 is 0 Å². The summed E-state index contributed by atoms with van der Waals surface area (Å²) >= 11 is 4.90. The van der Waals surface area contributed by atoms with E-state index in [1.807, 2.05) is 60.0 Å². The zero-order valence-corrected chi connectivity index (χ0v) is 21.9. The fraction of sp³-hybridized carbons (Fsp3) is 0.138. The highest BCUT2D eigenvalue weighted by atomic mass is 79.9. The number of amides is 1. The second-order valence-electron chi connectivity index (χ2n) is 8.50. The van der Waals surface area contributed by atoms with E-state index in [-0.39, 0.29) is 5.91 Å². The number of aromatic nitrogens is 2. The molecule has 0 aliphatic rings. The Morgan fingerprint density at radius 1 is 0.943 bits per heavy atom. The van der Waals surface area contributed by atoms with Gasteiger partial charge in [0, 0.05) is 26.4 Å². The number of hydrogen-bond acceptors (Lipinski definition) is 4. The number of fused-ring (bicyclic) bond motifs is 1. The number of hydrogen-bond donors (Lipinski definition) is 1. The number of nitrogens with one attached hydrogen (secondary N) is 1. The number of anilines is 1. The van der Waals surface area contributed by atoms with E-state index < -0.39 is 0 Å². The van der Waals surface area contributed by atoms with Crippen LogP contribution in [0, 0.1) is 0 Å². The topological polar surface area (TPSA) is 54.9 Å². The zero-order valence-electron chi connectivity index (χ0n) is 19.5. The van der Waals surface area contributed by atoms with Crippen molar-refractivity contribution in [2.24, 2.45) is 0 Å². The lowest BCUT2D eigenvalue weighted by Gasteiger charge is -2.10. The summed E-state index contributed by atoms with van der Waals surface area (Å²) in [7, 11) is 0. The number of nitrogens with zero attached hydrogens (tertiary/aromatic N) is 2. The zero-order chi connectivity index (χ0) is 24.4. The largest absolute Gasteiger partial charge is 0.298 e. The Kier molecular flexibility index (Phi) is 6.75. The van der Waals surface area contributed by atoms with Crippen LogP contribution in [0.5, 0.6) is 0 Å². The maximum atomic E-state index is 13.4. The Balaban J connectivity index is 1.43. The minimum atomic E-state index is -0.199. The van der Waals surface area contributed by atoms with Crippen molar-refractivity contribution in [2.45, 2.75) is 26.2 Å². The minimum Gasteiger partial charge on any atom is -0.298 e. The number of rotatable bonds is 6. The minimum absolute atomic E-state index is 0.199. The lowest BCUT2D eigenvalue weighted by atomic mass is 9.97. The number of halogens is 1. The first-order valence-electron chi connectivity index (χ1n) is 11.5. The van der Waals surface area contributed by atoms with Crippen molar-refractivity contribution in [1.82, 2.24) is 9.97 Å². The molecule has 0 saturated heterocycles. The molecule has 5 aromatic rings. The highest BCUT2D eigenvalue weighted by Crippen LogP contribution is 2.29. The van der Waals surface area contributed by atoms with Gasteiger partial charge >= 0.3 is 0 Å². The van der Waals surface area contributed by atoms with Crippen LogP contribution in [0.15, 0.2) is 88.7 Å². The van der Waals surface area contributed by atoms with Crippen LogP contribution in [0.3, 0.4) is 0 Å². The van der Waals surface area contributed by atoms with Crippen molar-refractivity contribution < 1.29 is 4.79 Å². The molecule has 1 unspecified atom stereocenters. The van der Waals surface area contributed by atoms with Gasteiger partial charge in [0.2, 0.25) is 0 Å². The molecule has 3 aromatic carbocycles. The van der Waals surface area contributed by atoms with E-state index in [1.165, 1.54) is 16.9 Å². The molecule has 1 atom stereocenters. The Bertz CT molecular complexity index is 1490. The summed E-state index contributed by atoms with van der Waals surface area (Å²) in [6.07, 6.45) is 1.11. The van der Waals surface area contributed by atoms with Crippen LogP contribution in [-0.4, -0.2) is 15.9 Å². The van der Waals surface area contributed by atoms with E-state index in [0.29, 0.717) is 16.6 Å². The Morgan fingerprint density at radius 3 is 2.37 bits per heavy atom. The first kappa shape index (κ1) is 23.4. The van der Waals surface area contributed by atoms with Gasteiger partial charge in [0.05, 0.1) is 22.5 Å². The normalized spacial score (nSPS) is 12.0. The van der Waals surface area contributed by atoms with Gasteiger partial charge in [0.25, 0.3) is 5.91 Å². The van der Waals surface area contributed by atoms with Crippen LogP contribution >= 0.6 is 27.3 Å². The molecule has 0 saturated carbocycles. The Hall–Kier alpha value is -3.35. The van der Waals surface area contributed by atoms with Crippen molar-refractivity contribution in [1.29, 1.82) is 0 Å². The van der Waals surface area contributed by atoms with Gasteiger partial charge in [-0.15, -0.1) is 11.3 Å². The first-order valence-corrected chi connectivity index (χ1v) is 13.2. The predicted molar refractivity (Wildman–Crippen MR) is 149 cm³/mol. The van der Waals surface area contributed by atoms with Crippen LogP contribution in [-0.2, 0) is 0 Å². The lowest BCUT2D eigenvalue weighted by molar-refractivity contribution is 0.102. The fourth-order valence-electron chi connectivity index (χ4n) is 3.98. The number of benzene rings is 3. The van der Waals surface area contributed by atoms with Crippen molar-refractivity contribution in [3.63, 3.8) is 0 Å². The SMILES string of the molecule is CCC(C)c1ccc(-c2csc(NC(=O)c3cc(-c4ccc(Br)cc4)nc4ccccc34)n2)cc1. The van der Waals surface area contributed by atoms with Crippen molar-refractivity contribution in [2.75, 3.05) is 5.32 Å². The molecule has 1 amide bonds. The van der Waals surface area contributed by atoms with E-state index >= 15 is 0 Å². The standard InChI is InChI=1S/C29H24BrN3OS/c1-3-18(2)19-8-10-21(11-9-19)27-17-35-29(32-27)33-28(34)24-16-26(20-12-14-22(30)15-13-20)31-25-7-5-4-6-23(24)25/h4-18H,3H2,1-2H3,(H,32,33,34). The van der Waals surface area contributed by atoms with Crippen LogP contribution < -0.4 is 5.32 Å². The smallest absolute Gasteiger partial charge is 0.258 e. The molecule has 5 rings (SSSR count). The quantitative estimate of drug-likeness (QED) is 0.234. The summed E-state index contributed by atoms with van der Waals surface area (Å²) in [4.78, 5) is 22.8. The van der Waals surface area contributed by atoms with Crippen LogP contribution in [0.4, 0.5) is 5.13 Å². The van der Waals surface area contributed by atoms with Crippen molar-refractivity contribution in [3.8, 4) is 22.5 Å². The summed E-state index contributed by atoms with van der Waals surface area (Å²) in [5.74, 6) is 0.335. The number of carbonyl (C=O) groups excluding carboxylic acids is 1. The number of thiazole rings is 1. The van der Waals surface area contributed by atoms with E-state index in [0.717, 1.165) is 44.3 Å². The van der Waals surface area contributed by atoms with Crippen LogP contribution in [0.2, 0.25) is 0 Å². The van der Waals surface area contributed by atoms with Crippen molar-refractivity contribution >= 4 is 49.2 Å². The third kappa shape index (κ3) is 5.04. The molecule has 0 spiro atoms. The summed E-state index contributed by atoms with van der Waals surface area (Å²) < 4.78 is 0.995. The van der Waals surface area contributed by atoms with Crippen LogP contribution in [0.1, 0.15) is 42.1 Å². The average molecular weight is 543 g/mol. The molecule has 2 aromatic heterocycles. The summed E-state index contributed by atoms with van der Waals surface area (Å²) in [6, 6.07) is 26.0. The molecule has 0 aliphatic heterocycles. The summed E-state index contributed by atoms with van der Waals surface area (Å²) in [5, 5.41) is 6.36. The number of pyridine rings is 1. The Labute approximate surface area is 217 Å². The maximum Gasteiger partial charge on any atom is 0.258 e. The van der Waals surface area contributed by atoms with Gasteiger partial charge in [-0.1, -0.05) is 84.4 Å². The van der Waals surface area contributed by atoms with E-state index in [2.05, 4.69) is 64.3 Å².